The van der Waals surface area contributed by atoms with E-state index in [1.165, 1.54) is 17.2 Å². The third kappa shape index (κ3) is 3.78. The van der Waals surface area contributed by atoms with E-state index in [0.717, 1.165) is 23.9 Å². The molecule has 0 unspecified atom stereocenters. The van der Waals surface area contributed by atoms with Crippen molar-refractivity contribution in [3.63, 3.8) is 0 Å². The monoisotopic (exact) mass is 269 g/mol. The zero-order valence-electron chi connectivity index (χ0n) is 9.67. The van der Waals surface area contributed by atoms with Crippen molar-refractivity contribution in [3.05, 3.63) is 46.3 Å². The van der Waals surface area contributed by atoms with Gasteiger partial charge in [0.1, 0.15) is 0 Å². The van der Waals surface area contributed by atoms with Crippen molar-refractivity contribution in [2.75, 3.05) is 18.6 Å². The van der Waals surface area contributed by atoms with Gasteiger partial charge in [0.2, 0.25) is 0 Å². The van der Waals surface area contributed by atoms with Gasteiger partial charge in [-0.25, -0.2) is 8.42 Å². The normalized spacial score (nSPS) is 18.9. The molecular weight excluding hydrogens is 254 g/mol. The van der Waals surface area contributed by atoms with Gasteiger partial charge in [0.25, 0.3) is 0 Å². The Bertz CT molecular complexity index is 509. The Balaban J connectivity index is 2.14. The van der Waals surface area contributed by atoms with Crippen LogP contribution in [-0.4, -0.2) is 31.9 Å². The zero-order valence-corrected chi connectivity index (χ0v) is 11.3. The van der Waals surface area contributed by atoms with Gasteiger partial charge in [0.05, 0.1) is 10.4 Å². The van der Waals surface area contributed by atoms with Crippen molar-refractivity contribution in [1.82, 2.24) is 4.90 Å². The van der Waals surface area contributed by atoms with Crippen LogP contribution in [-0.2, 0) is 16.4 Å². The molecule has 3 nitrogen and oxygen atoms in total. The van der Waals surface area contributed by atoms with Crippen LogP contribution in [0.5, 0.6) is 0 Å². The summed E-state index contributed by atoms with van der Waals surface area (Å²) in [5, 5.41) is 2.23. The second-order valence-corrected chi connectivity index (χ2v) is 7.05. The zero-order chi connectivity index (χ0) is 12.3. The lowest BCUT2D eigenvalue weighted by Crippen LogP contribution is -2.18. The molecule has 0 spiro atoms. The molecule has 17 heavy (non-hydrogen) atoms. The molecule has 0 saturated carbocycles. The molecule has 1 aromatic carbocycles. The predicted octanol–water partition coefficient (Wildman–Crippen LogP) is 2.08. The number of sulfone groups is 1. The first-order valence-corrected chi connectivity index (χ1v) is 8.32. The molecule has 1 saturated heterocycles. The lowest BCUT2D eigenvalue weighted by atomic mass is 10.2. The van der Waals surface area contributed by atoms with Crippen molar-refractivity contribution < 1.29 is 8.42 Å². The fraction of sp³-hybridized carbons (Fsp3) is 0.333. The van der Waals surface area contributed by atoms with Gasteiger partial charge >= 0.3 is 0 Å². The summed E-state index contributed by atoms with van der Waals surface area (Å²) >= 11 is 1.60. The van der Waals surface area contributed by atoms with E-state index in [2.05, 4.69) is 17.0 Å². The molecule has 1 fully saturated rings. The SMILES string of the molecule is CS(=O)(=O)/C=C1\SCCN1Cc1ccccc1. The fourth-order valence-corrected chi connectivity index (χ4v) is 3.89. The Hall–Kier alpha value is -0.940. The highest BCUT2D eigenvalue weighted by atomic mass is 32.2. The molecule has 0 atom stereocenters. The first-order chi connectivity index (χ1) is 8.04. The number of thioether (sulfide) groups is 1. The predicted molar refractivity (Wildman–Crippen MR) is 72.2 cm³/mol. The van der Waals surface area contributed by atoms with Crippen LogP contribution in [0.3, 0.4) is 0 Å². The van der Waals surface area contributed by atoms with Crippen molar-refractivity contribution in [1.29, 1.82) is 0 Å². The van der Waals surface area contributed by atoms with E-state index in [9.17, 15) is 8.42 Å². The summed E-state index contributed by atoms with van der Waals surface area (Å²) < 4.78 is 22.5. The topological polar surface area (TPSA) is 37.4 Å². The summed E-state index contributed by atoms with van der Waals surface area (Å²) in [5.41, 5.74) is 1.20. The van der Waals surface area contributed by atoms with Crippen LogP contribution in [0.2, 0.25) is 0 Å². The van der Waals surface area contributed by atoms with Gasteiger partial charge in [-0.1, -0.05) is 30.3 Å². The number of hydrogen-bond donors (Lipinski definition) is 0. The van der Waals surface area contributed by atoms with E-state index in [1.807, 2.05) is 18.2 Å². The van der Waals surface area contributed by atoms with Crippen LogP contribution in [0.25, 0.3) is 0 Å². The van der Waals surface area contributed by atoms with Gasteiger partial charge in [-0.05, 0) is 5.56 Å². The van der Waals surface area contributed by atoms with Gasteiger partial charge in [-0.3, -0.25) is 0 Å². The van der Waals surface area contributed by atoms with Crippen LogP contribution in [0.4, 0.5) is 0 Å². The summed E-state index contributed by atoms with van der Waals surface area (Å²) in [6.45, 7) is 1.68. The molecule has 0 N–H and O–H groups in total. The summed E-state index contributed by atoms with van der Waals surface area (Å²) in [7, 11) is -3.06. The Labute approximate surface area is 106 Å². The highest BCUT2D eigenvalue weighted by Gasteiger charge is 2.19. The average Bonchev–Trinajstić information content (AvgIpc) is 2.65. The lowest BCUT2D eigenvalue weighted by molar-refractivity contribution is 0.396. The van der Waals surface area contributed by atoms with Gasteiger partial charge < -0.3 is 4.90 Å². The molecule has 1 aromatic rings. The van der Waals surface area contributed by atoms with E-state index in [0.29, 0.717) is 0 Å². The van der Waals surface area contributed by atoms with Crippen molar-refractivity contribution in [2.45, 2.75) is 6.54 Å². The summed E-state index contributed by atoms with van der Waals surface area (Å²) in [6, 6.07) is 10.1. The largest absolute Gasteiger partial charge is 0.361 e. The number of nitrogens with zero attached hydrogens (tertiary/aromatic N) is 1. The Morgan fingerprint density at radius 3 is 2.71 bits per heavy atom. The Morgan fingerprint density at radius 1 is 1.35 bits per heavy atom. The second kappa shape index (κ2) is 5.14. The van der Waals surface area contributed by atoms with E-state index >= 15 is 0 Å². The van der Waals surface area contributed by atoms with Crippen LogP contribution in [0, 0.1) is 0 Å². The molecule has 2 rings (SSSR count). The molecule has 5 heteroatoms. The summed E-state index contributed by atoms with van der Waals surface area (Å²) in [6.07, 6.45) is 1.24. The van der Waals surface area contributed by atoms with Crippen LogP contribution in [0.15, 0.2) is 40.8 Å². The van der Waals surface area contributed by atoms with Crippen molar-refractivity contribution >= 4 is 21.6 Å². The molecule has 1 aliphatic rings. The van der Waals surface area contributed by atoms with E-state index in [1.54, 1.807) is 11.8 Å². The minimum atomic E-state index is -3.06. The second-order valence-electron chi connectivity index (χ2n) is 4.04. The maximum absolute atomic E-state index is 11.3. The Morgan fingerprint density at radius 2 is 2.06 bits per heavy atom. The standard InChI is InChI=1S/C12H15NO2S2/c1-17(14,15)10-12-13(7-8-16-12)9-11-5-3-2-4-6-11/h2-6,10H,7-9H2,1H3/b12-10-. The van der Waals surface area contributed by atoms with Crippen LogP contribution < -0.4 is 0 Å². The molecule has 1 heterocycles. The minimum Gasteiger partial charge on any atom is -0.361 e. The minimum absolute atomic E-state index is 0.773. The molecule has 0 radical (unpaired) electrons. The molecule has 0 aliphatic carbocycles. The summed E-state index contributed by atoms with van der Waals surface area (Å²) in [4.78, 5) is 2.11. The maximum atomic E-state index is 11.3. The highest BCUT2D eigenvalue weighted by molar-refractivity contribution is 8.04. The number of rotatable bonds is 3. The van der Waals surface area contributed by atoms with E-state index < -0.39 is 9.84 Å². The number of benzene rings is 1. The average molecular weight is 269 g/mol. The third-order valence-corrected chi connectivity index (χ3v) is 4.31. The smallest absolute Gasteiger partial charge is 0.171 e. The Kier molecular flexibility index (Phi) is 3.79. The van der Waals surface area contributed by atoms with Gasteiger partial charge in [-0.15, -0.1) is 11.8 Å². The first kappa shape index (κ1) is 12.5. The quantitative estimate of drug-likeness (QED) is 0.842. The third-order valence-electron chi connectivity index (χ3n) is 2.45. The highest BCUT2D eigenvalue weighted by Crippen LogP contribution is 2.29. The van der Waals surface area contributed by atoms with E-state index in [4.69, 9.17) is 0 Å². The maximum Gasteiger partial charge on any atom is 0.171 e. The first-order valence-electron chi connectivity index (χ1n) is 5.38. The fourth-order valence-electron chi connectivity index (χ4n) is 1.71. The van der Waals surface area contributed by atoms with Crippen molar-refractivity contribution in [2.24, 2.45) is 0 Å². The molecule has 0 amide bonds. The molecular formula is C12H15NO2S2. The summed E-state index contributed by atoms with van der Waals surface area (Å²) in [5.74, 6) is 0.953. The van der Waals surface area contributed by atoms with E-state index in [-0.39, 0.29) is 0 Å². The number of hydrogen-bond acceptors (Lipinski definition) is 4. The van der Waals surface area contributed by atoms with Gasteiger partial charge in [0.15, 0.2) is 9.84 Å². The molecule has 92 valence electrons. The van der Waals surface area contributed by atoms with Crippen molar-refractivity contribution in [3.8, 4) is 0 Å². The van der Waals surface area contributed by atoms with Gasteiger partial charge in [0, 0.05) is 25.1 Å². The molecule has 0 bridgehead atoms. The lowest BCUT2D eigenvalue weighted by Gasteiger charge is -2.18. The van der Waals surface area contributed by atoms with Gasteiger partial charge in [-0.2, -0.15) is 0 Å². The van der Waals surface area contributed by atoms with Crippen LogP contribution >= 0.6 is 11.8 Å². The van der Waals surface area contributed by atoms with Crippen LogP contribution in [0.1, 0.15) is 5.56 Å². The molecule has 1 aliphatic heterocycles. The molecule has 0 aromatic heterocycles.